The topological polar surface area (TPSA) is 20.2 Å². The number of hydrogen-bond acceptors (Lipinski definition) is 1. The van der Waals surface area contributed by atoms with Crippen molar-refractivity contribution in [2.24, 2.45) is 0 Å². The standard InChI is InChI=1S/C12H13BrO/c13-12-4-2-1-3-10(12)7-9-5-6-11(14)8-9/h1-4,8,11,14H,5-7H2. The van der Waals surface area contributed by atoms with Crippen LogP contribution in [-0.4, -0.2) is 11.2 Å². The van der Waals surface area contributed by atoms with Crippen LogP contribution in [0.5, 0.6) is 0 Å². The lowest BCUT2D eigenvalue weighted by Gasteiger charge is -2.04. The van der Waals surface area contributed by atoms with E-state index in [9.17, 15) is 5.11 Å². The summed E-state index contributed by atoms with van der Waals surface area (Å²) in [7, 11) is 0. The van der Waals surface area contributed by atoms with E-state index >= 15 is 0 Å². The van der Waals surface area contributed by atoms with Gasteiger partial charge in [0.15, 0.2) is 0 Å². The molecule has 0 heterocycles. The number of rotatable bonds is 2. The zero-order chi connectivity index (χ0) is 9.97. The van der Waals surface area contributed by atoms with Crippen LogP contribution in [0.4, 0.5) is 0 Å². The minimum Gasteiger partial charge on any atom is -0.389 e. The van der Waals surface area contributed by atoms with Crippen LogP contribution in [0.2, 0.25) is 0 Å². The van der Waals surface area contributed by atoms with Crippen LogP contribution in [0.1, 0.15) is 18.4 Å². The molecule has 2 heteroatoms. The van der Waals surface area contributed by atoms with E-state index in [-0.39, 0.29) is 6.10 Å². The van der Waals surface area contributed by atoms with Gasteiger partial charge in [-0.05, 0) is 30.9 Å². The molecule has 0 bridgehead atoms. The molecule has 0 spiro atoms. The van der Waals surface area contributed by atoms with Crippen molar-refractivity contribution in [2.75, 3.05) is 0 Å². The molecule has 0 amide bonds. The monoisotopic (exact) mass is 252 g/mol. The second kappa shape index (κ2) is 4.28. The highest BCUT2D eigenvalue weighted by Crippen LogP contribution is 2.25. The van der Waals surface area contributed by atoms with Crippen molar-refractivity contribution in [3.05, 3.63) is 46.0 Å². The number of hydrogen-bond donors (Lipinski definition) is 1. The van der Waals surface area contributed by atoms with Crippen LogP contribution >= 0.6 is 15.9 Å². The molecule has 1 N–H and O–H groups in total. The first-order chi connectivity index (χ1) is 6.75. The molecular weight excluding hydrogens is 240 g/mol. The number of aliphatic hydroxyl groups excluding tert-OH is 1. The highest BCUT2D eigenvalue weighted by atomic mass is 79.9. The summed E-state index contributed by atoms with van der Waals surface area (Å²) in [5.74, 6) is 0. The third-order valence-corrected chi connectivity index (χ3v) is 3.34. The van der Waals surface area contributed by atoms with Crippen molar-refractivity contribution < 1.29 is 5.11 Å². The van der Waals surface area contributed by atoms with E-state index in [1.807, 2.05) is 18.2 Å². The van der Waals surface area contributed by atoms with Crippen molar-refractivity contribution >= 4 is 15.9 Å². The summed E-state index contributed by atoms with van der Waals surface area (Å²) in [6.45, 7) is 0. The molecule has 1 nitrogen and oxygen atoms in total. The van der Waals surface area contributed by atoms with E-state index in [1.165, 1.54) is 11.1 Å². The molecule has 14 heavy (non-hydrogen) atoms. The zero-order valence-electron chi connectivity index (χ0n) is 7.91. The molecule has 2 rings (SSSR count). The molecule has 1 aliphatic rings. The average molecular weight is 253 g/mol. The van der Waals surface area contributed by atoms with Gasteiger partial charge < -0.3 is 5.11 Å². The predicted molar refractivity (Wildman–Crippen MR) is 61.2 cm³/mol. The molecular formula is C12H13BrO. The van der Waals surface area contributed by atoms with Gasteiger partial charge in [0, 0.05) is 4.47 Å². The fourth-order valence-electron chi connectivity index (χ4n) is 1.81. The highest BCUT2D eigenvalue weighted by molar-refractivity contribution is 9.10. The van der Waals surface area contributed by atoms with Crippen molar-refractivity contribution in [3.8, 4) is 0 Å². The van der Waals surface area contributed by atoms with Crippen molar-refractivity contribution in [2.45, 2.75) is 25.4 Å². The first-order valence-corrected chi connectivity index (χ1v) is 5.66. The molecule has 0 radical (unpaired) electrons. The lowest BCUT2D eigenvalue weighted by Crippen LogP contribution is -1.93. The van der Waals surface area contributed by atoms with Gasteiger partial charge in [-0.2, -0.15) is 0 Å². The lowest BCUT2D eigenvalue weighted by atomic mass is 10.1. The Labute approximate surface area is 92.6 Å². The number of allylic oxidation sites excluding steroid dienone is 1. The van der Waals surface area contributed by atoms with E-state index in [1.54, 1.807) is 0 Å². The highest BCUT2D eigenvalue weighted by Gasteiger charge is 2.13. The molecule has 1 atom stereocenters. The molecule has 0 saturated heterocycles. The summed E-state index contributed by atoms with van der Waals surface area (Å²) in [5, 5.41) is 9.36. The van der Waals surface area contributed by atoms with Crippen LogP contribution in [-0.2, 0) is 6.42 Å². The van der Waals surface area contributed by atoms with Crippen LogP contribution in [0, 0.1) is 0 Å². The average Bonchev–Trinajstić information content (AvgIpc) is 2.56. The maximum absolute atomic E-state index is 9.36. The third-order valence-electron chi connectivity index (χ3n) is 2.56. The molecule has 74 valence electrons. The summed E-state index contributed by atoms with van der Waals surface area (Å²) in [4.78, 5) is 0. The number of benzene rings is 1. The van der Waals surface area contributed by atoms with Gasteiger partial charge in [0.05, 0.1) is 6.10 Å². The summed E-state index contributed by atoms with van der Waals surface area (Å²) in [6, 6.07) is 8.24. The molecule has 0 aliphatic heterocycles. The van der Waals surface area contributed by atoms with Gasteiger partial charge in [-0.15, -0.1) is 0 Å². The summed E-state index contributed by atoms with van der Waals surface area (Å²) in [6.07, 6.45) is 4.65. The Morgan fingerprint density at radius 1 is 1.36 bits per heavy atom. The minimum absolute atomic E-state index is 0.215. The largest absolute Gasteiger partial charge is 0.389 e. The predicted octanol–water partition coefficient (Wildman–Crippen LogP) is 3.07. The Morgan fingerprint density at radius 3 is 2.79 bits per heavy atom. The quantitative estimate of drug-likeness (QED) is 0.803. The van der Waals surface area contributed by atoms with Gasteiger partial charge >= 0.3 is 0 Å². The third kappa shape index (κ3) is 2.25. The molecule has 1 aliphatic carbocycles. The Hall–Kier alpha value is -0.600. The maximum atomic E-state index is 9.36. The normalized spacial score (nSPS) is 21.0. The lowest BCUT2D eigenvalue weighted by molar-refractivity contribution is 0.223. The first-order valence-electron chi connectivity index (χ1n) is 4.87. The van der Waals surface area contributed by atoms with Crippen LogP contribution in [0.25, 0.3) is 0 Å². The zero-order valence-corrected chi connectivity index (χ0v) is 9.50. The van der Waals surface area contributed by atoms with E-state index in [0.717, 1.165) is 23.7 Å². The number of aliphatic hydroxyl groups is 1. The fraction of sp³-hybridized carbons (Fsp3) is 0.333. The Bertz CT molecular complexity index is 357. The van der Waals surface area contributed by atoms with Gasteiger partial charge in [-0.3, -0.25) is 0 Å². The van der Waals surface area contributed by atoms with Gasteiger partial charge in [0.25, 0.3) is 0 Å². The van der Waals surface area contributed by atoms with Crippen molar-refractivity contribution in [1.82, 2.24) is 0 Å². The van der Waals surface area contributed by atoms with E-state index in [0.29, 0.717) is 0 Å². The van der Waals surface area contributed by atoms with E-state index in [4.69, 9.17) is 0 Å². The molecule has 1 aromatic carbocycles. The summed E-state index contributed by atoms with van der Waals surface area (Å²) < 4.78 is 1.15. The van der Waals surface area contributed by atoms with Crippen molar-refractivity contribution in [1.29, 1.82) is 0 Å². The molecule has 0 saturated carbocycles. The second-order valence-electron chi connectivity index (χ2n) is 3.70. The smallest absolute Gasteiger partial charge is 0.0726 e. The van der Waals surface area contributed by atoms with E-state index < -0.39 is 0 Å². The summed E-state index contributed by atoms with van der Waals surface area (Å²) in [5.41, 5.74) is 2.65. The maximum Gasteiger partial charge on any atom is 0.0726 e. The number of halogens is 1. The van der Waals surface area contributed by atoms with E-state index in [2.05, 4.69) is 28.1 Å². The van der Waals surface area contributed by atoms with Gasteiger partial charge in [0.1, 0.15) is 0 Å². The molecule has 0 fully saturated rings. The SMILES string of the molecule is OC1C=C(Cc2ccccc2Br)CC1. The van der Waals surface area contributed by atoms with Crippen molar-refractivity contribution in [3.63, 3.8) is 0 Å². The van der Waals surface area contributed by atoms with Crippen LogP contribution in [0.15, 0.2) is 40.4 Å². The van der Waals surface area contributed by atoms with Gasteiger partial charge in [0.2, 0.25) is 0 Å². The minimum atomic E-state index is -0.215. The summed E-state index contributed by atoms with van der Waals surface area (Å²) >= 11 is 3.53. The molecule has 0 aromatic heterocycles. The van der Waals surface area contributed by atoms with Crippen LogP contribution in [0.3, 0.4) is 0 Å². The second-order valence-corrected chi connectivity index (χ2v) is 4.55. The Kier molecular flexibility index (Phi) is 3.04. The van der Waals surface area contributed by atoms with Crippen LogP contribution < -0.4 is 0 Å². The molecule has 1 unspecified atom stereocenters. The fourth-order valence-corrected chi connectivity index (χ4v) is 2.23. The molecule has 1 aromatic rings. The van der Waals surface area contributed by atoms with Gasteiger partial charge in [-0.25, -0.2) is 0 Å². The first kappa shape index (κ1) is 9.94. The Balaban J connectivity index is 2.12. The van der Waals surface area contributed by atoms with Gasteiger partial charge in [-0.1, -0.05) is 45.8 Å². The Morgan fingerprint density at radius 2 is 2.14 bits per heavy atom.